The van der Waals surface area contributed by atoms with Crippen LogP contribution in [0.1, 0.15) is 29.6 Å². The topological polar surface area (TPSA) is 71.5 Å². The van der Waals surface area contributed by atoms with Gasteiger partial charge in [-0.15, -0.1) is 0 Å². The Balaban J connectivity index is 1.36. The van der Waals surface area contributed by atoms with E-state index in [1.807, 2.05) is 11.0 Å². The van der Waals surface area contributed by atoms with Crippen LogP contribution in [0.15, 0.2) is 36.9 Å². The highest BCUT2D eigenvalue weighted by Gasteiger charge is 2.50. The highest BCUT2D eigenvalue weighted by molar-refractivity contribution is 5.94. The van der Waals surface area contributed by atoms with Crippen molar-refractivity contribution in [1.29, 1.82) is 0 Å². The van der Waals surface area contributed by atoms with Gasteiger partial charge in [0.2, 0.25) is 5.88 Å². The van der Waals surface area contributed by atoms with Crippen LogP contribution in [0, 0.1) is 5.41 Å². The normalized spacial score (nSPS) is 24.4. The van der Waals surface area contributed by atoms with Gasteiger partial charge in [0.25, 0.3) is 5.91 Å². The third kappa shape index (κ3) is 2.98. The maximum Gasteiger partial charge on any atom is 0.255 e. The standard InChI is InChI=1S/C19H23N5O2/c1-23(16-5-7-20-13-22-16)15-9-19(10-15)6-8-24(12-19)18(25)14-3-4-17(26-2)21-11-14/h3-5,7,11,13,15H,6,8-10,12H2,1-2H3. The molecule has 4 rings (SSSR count). The molecule has 2 aromatic heterocycles. The number of nitrogens with zero attached hydrogens (tertiary/aromatic N) is 5. The predicted octanol–water partition coefficient (Wildman–Crippen LogP) is 2.01. The highest BCUT2D eigenvalue weighted by Crippen LogP contribution is 2.50. The number of amides is 1. The fraction of sp³-hybridized carbons (Fsp3) is 0.474. The van der Waals surface area contributed by atoms with Gasteiger partial charge in [0, 0.05) is 44.6 Å². The van der Waals surface area contributed by atoms with E-state index in [1.165, 1.54) is 0 Å². The first kappa shape index (κ1) is 16.8. The fourth-order valence-electron chi connectivity index (χ4n) is 4.14. The van der Waals surface area contributed by atoms with Gasteiger partial charge in [-0.2, -0.15) is 0 Å². The van der Waals surface area contributed by atoms with Crippen LogP contribution in [-0.2, 0) is 0 Å². The average molecular weight is 353 g/mol. The van der Waals surface area contributed by atoms with Crippen LogP contribution in [0.2, 0.25) is 0 Å². The van der Waals surface area contributed by atoms with E-state index in [0.717, 1.165) is 38.2 Å². The van der Waals surface area contributed by atoms with E-state index in [0.29, 0.717) is 17.5 Å². The molecule has 0 atom stereocenters. The quantitative estimate of drug-likeness (QED) is 0.837. The van der Waals surface area contributed by atoms with Crippen molar-refractivity contribution in [2.24, 2.45) is 5.41 Å². The second kappa shape index (κ2) is 6.55. The van der Waals surface area contributed by atoms with Crippen LogP contribution in [0.3, 0.4) is 0 Å². The summed E-state index contributed by atoms with van der Waals surface area (Å²) in [6, 6.07) is 5.93. The van der Waals surface area contributed by atoms with Crippen LogP contribution < -0.4 is 9.64 Å². The van der Waals surface area contributed by atoms with Crippen molar-refractivity contribution in [2.75, 3.05) is 32.1 Å². The molecule has 0 unspecified atom stereocenters. The lowest BCUT2D eigenvalue weighted by Crippen LogP contribution is -2.51. The number of anilines is 1. The Labute approximate surface area is 153 Å². The molecule has 7 heteroatoms. The van der Waals surface area contributed by atoms with Gasteiger partial charge in [-0.05, 0) is 36.8 Å². The molecule has 7 nitrogen and oxygen atoms in total. The molecule has 2 aromatic rings. The third-order valence-electron chi connectivity index (χ3n) is 5.73. The number of rotatable bonds is 4. The lowest BCUT2D eigenvalue weighted by molar-refractivity contribution is 0.0698. The Morgan fingerprint density at radius 1 is 1.31 bits per heavy atom. The van der Waals surface area contributed by atoms with Crippen LogP contribution >= 0.6 is 0 Å². The van der Waals surface area contributed by atoms with Crippen LogP contribution in [0.25, 0.3) is 0 Å². The summed E-state index contributed by atoms with van der Waals surface area (Å²) in [5.74, 6) is 1.54. The van der Waals surface area contributed by atoms with Gasteiger partial charge in [0.15, 0.2) is 0 Å². The third-order valence-corrected chi connectivity index (χ3v) is 5.73. The molecule has 2 fully saturated rings. The number of carbonyl (C=O) groups excluding carboxylic acids is 1. The number of hydrogen-bond acceptors (Lipinski definition) is 6. The van der Waals surface area contributed by atoms with Gasteiger partial charge in [-0.1, -0.05) is 0 Å². The first-order chi connectivity index (χ1) is 12.6. The zero-order chi connectivity index (χ0) is 18.1. The predicted molar refractivity (Wildman–Crippen MR) is 97.2 cm³/mol. The summed E-state index contributed by atoms with van der Waals surface area (Å²) in [5, 5.41) is 0. The van der Waals surface area contributed by atoms with Crippen molar-refractivity contribution < 1.29 is 9.53 Å². The number of pyridine rings is 1. The number of ether oxygens (including phenoxy) is 1. The van der Waals surface area contributed by atoms with E-state index in [9.17, 15) is 4.79 Å². The zero-order valence-corrected chi connectivity index (χ0v) is 15.1. The SMILES string of the molecule is COc1ccc(C(=O)N2CCC3(CC(N(C)c4ccncn4)C3)C2)cn1. The van der Waals surface area contributed by atoms with E-state index in [4.69, 9.17) is 4.74 Å². The van der Waals surface area contributed by atoms with E-state index < -0.39 is 0 Å². The van der Waals surface area contributed by atoms with Crippen LogP contribution in [0.5, 0.6) is 5.88 Å². The first-order valence-electron chi connectivity index (χ1n) is 8.88. The number of methoxy groups -OCH3 is 1. The number of hydrogen-bond donors (Lipinski definition) is 0. The molecular weight excluding hydrogens is 330 g/mol. The van der Waals surface area contributed by atoms with Gasteiger partial charge in [0.1, 0.15) is 12.1 Å². The maximum absolute atomic E-state index is 12.7. The molecule has 1 aliphatic carbocycles. The summed E-state index contributed by atoms with van der Waals surface area (Å²) in [4.78, 5) is 29.4. The van der Waals surface area contributed by atoms with Crippen molar-refractivity contribution in [3.63, 3.8) is 0 Å². The molecule has 2 aliphatic rings. The molecule has 0 bridgehead atoms. The van der Waals surface area contributed by atoms with E-state index in [-0.39, 0.29) is 11.3 Å². The number of carbonyl (C=O) groups is 1. The zero-order valence-electron chi connectivity index (χ0n) is 15.1. The molecule has 3 heterocycles. The monoisotopic (exact) mass is 353 g/mol. The lowest BCUT2D eigenvalue weighted by Gasteiger charge is -2.49. The summed E-state index contributed by atoms with van der Waals surface area (Å²) in [7, 11) is 3.65. The molecule has 26 heavy (non-hydrogen) atoms. The largest absolute Gasteiger partial charge is 0.481 e. The highest BCUT2D eigenvalue weighted by atomic mass is 16.5. The summed E-state index contributed by atoms with van der Waals surface area (Å²) >= 11 is 0. The van der Waals surface area contributed by atoms with E-state index >= 15 is 0 Å². The molecule has 1 amide bonds. The van der Waals surface area contributed by atoms with Crippen molar-refractivity contribution in [2.45, 2.75) is 25.3 Å². The van der Waals surface area contributed by atoms with E-state index in [2.05, 4.69) is 26.9 Å². The Bertz CT molecular complexity index is 774. The van der Waals surface area contributed by atoms with E-state index in [1.54, 1.807) is 38.0 Å². The summed E-state index contributed by atoms with van der Waals surface area (Å²) in [6.07, 6.45) is 8.20. The van der Waals surface area contributed by atoms with Crippen molar-refractivity contribution in [1.82, 2.24) is 19.9 Å². The average Bonchev–Trinajstić information content (AvgIpc) is 3.12. The Morgan fingerprint density at radius 2 is 2.15 bits per heavy atom. The minimum atomic E-state index is 0.0598. The molecule has 1 aliphatic heterocycles. The van der Waals surface area contributed by atoms with Gasteiger partial charge in [0.05, 0.1) is 12.7 Å². The first-order valence-corrected chi connectivity index (χ1v) is 8.88. The number of aromatic nitrogens is 3. The lowest BCUT2D eigenvalue weighted by atomic mass is 9.64. The Morgan fingerprint density at radius 3 is 2.81 bits per heavy atom. The van der Waals surface area contributed by atoms with Gasteiger partial charge >= 0.3 is 0 Å². The minimum Gasteiger partial charge on any atom is -0.481 e. The molecule has 0 N–H and O–H groups in total. The van der Waals surface area contributed by atoms with Gasteiger partial charge in [-0.25, -0.2) is 15.0 Å². The second-order valence-corrected chi connectivity index (χ2v) is 7.31. The van der Waals surface area contributed by atoms with Crippen molar-refractivity contribution in [3.05, 3.63) is 42.5 Å². The summed E-state index contributed by atoms with van der Waals surface area (Å²) in [5.41, 5.74) is 0.874. The molecule has 0 aromatic carbocycles. The van der Waals surface area contributed by atoms with Crippen LogP contribution in [-0.4, -0.2) is 59.0 Å². The molecule has 1 saturated heterocycles. The Hall–Kier alpha value is -2.70. The van der Waals surface area contributed by atoms with Gasteiger partial charge < -0.3 is 14.5 Å². The smallest absolute Gasteiger partial charge is 0.255 e. The molecule has 1 spiro atoms. The molecule has 0 radical (unpaired) electrons. The summed E-state index contributed by atoms with van der Waals surface area (Å²) in [6.45, 7) is 1.64. The maximum atomic E-state index is 12.7. The molecule has 1 saturated carbocycles. The molecule has 136 valence electrons. The van der Waals surface area contributed by atoms with Crippen molar-refractivity contribution >= 4 is 11.7 Å². The minimum absolute atomic E-state index is 0.0598. The second-order valence-electron chi connectivity index (χ2n) is 7.31. The molecular formula is C19H23N5O2. The van der Waals surface area contributed by atoms with Crippen LogP contribution in [0.4, 0.5) is 5.82 Å². The summed E-state index contributed by atoms with van der Waals surface area (Å²) < 4.78 is 5.06. The Kier molecular flexibility index (Phi) is 4.22. The fourth-order valence-corrected chi connectivity index (χ4v) is 4.14. The van der Waals surface area contributed by atoms with Crippen molar-refractivity contribution in [3.8, 4) is 5.88 Å². The number of likely N-dealkylation sites (tertiary alicyclic amines) is 1. The van der Waals surface area contributed by atoms with Gasteiger partial charge in [-0.3, -0.25) is 4.79 Å².